The lowest BCUT2D eigenvalue weighted by atomic mass is 10.2. The molecule has 0 spiro atoms. The van der Waals surface area contributed by atoms with Crippen LogP contribution in [-0.4, -0.2) is 4.98 Å². The summed E-state index contributed by atoms with van der Waals surface area (Å²) >= 11 is 0. The Balaban J connectivity index is 2.08. The van der Waals surface area contributed by atoms with Gasteiger partial charge in [0.1, 0.15) is 0 Å². The highest BCUT2D eigenvalue weighted by atomic mass is 19.2. The molecule has 4 heteroatoms. The Bertz CT molecular complexity index is 438. The van der Waals surface area contributed by atoms with Crippen molar-refractivity contribution in [2.24, 2.45) is 0 Å². The van der Waals surface area contributed by atoms with Crippen LogP contribution >= 0.6 is 0 Å². The van der Waals surface area contributed by atoms with Crippen molar-refractivity contribution >= 4 is 5.69 Å². The number of aromatic amines is 1. The standard InChI is InChI=1S/C11H10F2N2/c12-9-2-1-3-10(11(9)13)15-7-8-4-5-14-6-8/h1-6,14-15H,7H2. The highest BCUT2D eigenvalue weighted by Crippen LogP contribution is 2.17. The Morgan fingerprint density at radius 3 is 2.80 bits per heavy atom. The Hall–Kier alpha value is -1.84. The molecule has 78 valence electrons. The van der Waals surface area contributed by atoms with E-state index in [-0.39, 0.29) is 5.69 Å². The van der Waals surface area contributed by atoms with E-state index < -0.39 is 11.6 Å². The van der Waals surface area contributed by atoms with Crippen LogP contribution in [0.4, 0.5) is 14.5 Å². The SMILES string of the molecule is Fc1cccc(NCc2cc[nH]c2)c1F. The van der Waals surface area contributed by atoms with E-state index in [9.17, 15) is 8.78 Å². The van der Waals surface area contributed by atoms with Crippen molar-refractivity contribution in [1.82, 2.24) is 4.98 Å². The smallest absolute Gasteiger partial charge is 0.181 e. The number of halogens is 2. The average molecular weight is 208 g/mol. The minimum atomic E-state index is -0.840. The fourth-order valence-corrected chi connectivity index (χ4v) is 1.31. The third-order valence-corrected chi connectivity index (χ3v) is 2.10. The zero-order valence-electron chi connectivity index (χ0n) is 7.93. The first kappa shape index (κ1) is 9.71. The van der Waals surface area contributed by atoms with Crippen molar-refractivity contribution in [3.8, 4) is 0 Å². The maximum absolute atomic E-state index is 13.2. The predicted octanol–water partition coefficient (Wildman–Crippen LogP) is 2.91. The van der Waals surface area contributed by atoms with E-state index in [1.807, 2.05) is 6.07 Å². The van der Waals surface area contributed by atoms with E-state index in [0.717, 1.165) is 11.6 Å². The molecule has 0 atom stereocenters. The van der Waals surface area contributed by atoms with Crippen LogP contribution < -0.4 is 5.32 Å². The van der Waals surface area contributed by atoms with Gasteiger partial charge in [-0.1, -0.05) is 6.07 Å². The molecule has 0 amide bonds. The summed E-state index contributed by atoms with van der Waals surface area (Å²) in [4.78, 5) is 2.88. The molecule has 0 radical (unpaired) electrons. The van der Waals surface area contributed by atoms with Crippen molar-refractivity contribution in [2.45, 2.75) is 6.54 Å². The molecule has 1 heterocycles. The molecule has 0 aliphatic heterocycles. The first-order chi connectivity index (χ1) is 7.27. The maximum Gasteiger partial charge on any atom is 0.181 e. The molecule has 2 N–H and O–H groups in total. The van der Waals surface area contributed by atoms with Crippen LogP contribution in [0.25, 0.3) is 0 Å². The van der Waals surface area contributed by atoms with E-state index in [4.69, 9.17) is 0 Å². The molecule has 1 aromatic carbocycles. The van der Waals surface area contributed by atoms with E-state index >= 15 is 0 Å². The number of nitrogens with one attached hydrogen (secondary N) is 2. The maximum atomic E-state index is 13.2. The van der Waals surface area contributed by atoms with Gasteiger partial charge in [0.15, 0.2) is 11.6 Å². The van der Waals surface area contributed by atoms with Crippen molar-refractivity contribution in [3.05, 3.63) is 53.9 Å². The van der Waals surface area contributed by atoms with Crippen molar-refractivity contribution < 1.29 is 8.78 Å². The van der Waals surface area contributed by atoms with E-state index in [0.29, 0.717) is 6.54 Å². The van der Waals surface area contributed by atoms with Crippen molar-refractivity contribution in [1.29, 1.82) is 0 Å². The monoisotopic (exact) mass is 208 g/mol. The zero-order valence-corrected chi connectivity index (χ0v) is 7.93. The number of benzene rings is 1. The average Bonchev–Trinajstić information content (AvgIpc) is 2.73. The Morgan fingerprint density at radius 2 is 2.07 bits per heavy atom. The molecular formula is C11H10F2N2. The molecule has 0 unspecified atom stereocenters. The van der Waals surface area contributed by atoms with Crippen molar-refractivity contribution in [3.63, 3.8) is 0 Å². The van der Waals surface area contributed by atoms with Gasteiger partial charge >= 0.3 is 0 Å². The number of H-pyrrole nitrogens is 1. The predicted molar refractivity (Wildman–Crippen MR) is 54.5 cm³/mol. The second-order valence-electron chi connectivity index (χ2n) is 3.17. The first-order valence-corrected chi connectivity index (χ1v) is 4.57. The molecule has 0 aliphatic rings. The minimum Gasteiger partial charge on any atom is -0.378 e. The van der Waals surface area contributed by atoms with Crippen LogP contribution in [0.3, 0.4) is 0 Å². The Labute approximate surface area is 85.9 Å². The highest BCUT2D eigenvalue weighted by molar-refractivity contribution is 5.45. The molecule has 0 saturated heterocycles. The summed E-state index contributed by atoms with van der Waals surface area (Å²) in [6, 6.07) is 5.93. The summed E-state index contributed by atoms with van der Waals surface area (Å²) in [5.41, 5.74) is 1.16. The number of hydrogen-bond acceptors (Lipinski definition) is 1. The second-order valence-corrected chi connectivity index (χ2v) is 3.17. The molecule has 2 aromatic rings. The zero-order chi connectivity index (χ0) is 10.7. The largest absolute Gasteiger partial charge is 0.378 e. The summed E-state index contributed by atoms with van der Waals surface area (Å²) in [5.74, 6) is -1.68. The molecule has 0 saturated carbocycles. The molecule has 15 heavy (non-hydrogen) atoms. The summed E-state index contributed by atoms with van der Waals surface area (Å²) in [7, 11) is 0. The van der Waals surface area contributed by atoms with Gasteiger partial charge in [-0.05, 0) is 23.8 Å². The molecule has 2 rings (SSSR count). The van der Waals surface area contributed by atoms with Gasteiger partial charge in [0, 0.05) is 18.9 Å². The number of hydrogen-bond donors (Lipinski definition) is 2. The molecule has 0 bridgehead atoms. The Morgan fingerprint density at radius 1 is 1.20 bits per heavy atom. The fourth-order valence-electron chi connectivity index (χ4n) is 1.31. The van der Waals surface area contributed by atoms with Crippen LogP contribution in [0.15, 0.2) is 36.7 Å². The lowest BCUT2D eigenvalue weighted by molar-refractivity contribution is 0.511. The van der Waals surface area contributed by atoms with Crippen LogP contribution in [0.2, 0.25) is 0 Å². The van der Waals surface area contributed by atoms with Gasteiger partial charge in [0.05, 0.1) is 5.69 Å². The third-order valence-electron chi connectivity index (χ3n) is 2.10. The van der Waals surface area contributed by atoms with Crippen LogP contribution in [-0.2, 0) is 6.54 Å². The highest BCUT2D eigenvalue weighted by Gasteiger charge is 2.06. The first-order valence-electron chi connectivity index (χ1n) is 4.57. The van der Waals surface area contributed by atoms with Gasteiger partial charge in [-0.3, -0.25) is 0 Å². The van der Waals surface area contributed by atoms with Gasteiger partial charge in [0.2, 0.25) is 0 Å². The lowest BCUT2D eigenvalue weighted by Gasteiger charge is -2.06. The van der Waals surface area contributed by atoms with Crippen LogP contribution in [0.5, 0.6) is 0 Å². The van der Waals surface area contributed by atoms with Crippen molar-refractivity contribution in [2.75, 3.05) is 5.32 Å². The van der Waals surface area contributed by atoms with Gasteiger partial charge in [-0.15, -0.1) is 0 Å². The molecule has 1 aromatic heterocycles. The van der Waals surface area contributed by atoms with E-state index in [1.54, 1.807) is 12.4 Å². The lowest BCUT2D eigenvalue weighted by Crippen LogP contribution is -2.01. The van der Waals surface area contributed by atoms with E-state index in [2.05, 4.69) is 10.3 Å². The molecule has 0 fully saturated rings. The topological polar surface area (TPSA) is 27.8 Å². The summed E-state index contributed by atoms with van der Waals surface area (Å²) in [6.07, 6.45) is 3.57. The Kier molecular flexibility index (Phi) is 2.67. The summed E-state index contributed by atoms with van der Waals surface area (Å²) < 4.78 is 26.0. The quantitative estimate of drug-likeness (QED) is 0.797. The number of aromatic nitrogens is 1. The summed E-state index contributed by atoms with van der Waals surface area (Å²) in [5, 5.41) is 2.82. The third kappa shape index (κ3) is 2.15. The number of anilines is 1. The van der Waals surface area contributed by atoms with Gasteiger partial charge in [-0.25, -0.2) is 8.78 Å². The number of rotatable bonds is 3. The molecule has 0 aliphatic carbocycles. The normalized spacial score (nSPS) is 10.3. The van der Waals surface area contributed by atoms with E-state index in [1.165, 1.54) is 12.1 Å². The fraction of sp³-hybridized carbons (Fsp3) is 0.0909. The molecular weight excluding hydrogens is 198 g/mol. The second kappa shape index (κ2) is 4.13. The minimum absolute atomic E-state index is 0.177. The summed E-state index contributed by atoms with van der Waals surface area (Å²) in [6.45, 7) is 0.462. The van der Waals surface area contributed by atoms with Crippen LogP contribution in [0, 0.1) is 11.6 Å². The van der Waals surface area contributed by atoms with Crippen LogP contribution in [0.1, 0.15) is 5.56 Å². The molecule has 2 nitrogen and oxygen atoms in total. The van der Waals surface area contributed by atoms with Gasteiger partial charge in [0.25, 0.3) is 0 Å². The van der Waals surface area contributed by atoms with Gasteiger partial charge in [-0.2, -0.15) is 0 Å². The van der Waals surface area contributed by atoms with Gasteiger partial charge < -0.3 is 10.3 Å².